The van der Waals surface area contributed by atoms with Crippen molar-refractivity contribution >= 4 is 48.7 Å². The lowest BCUT2D eigenvalue weighted by Crippen LogP contribution is -2.29. The molecule has 9 heteroatoms. The summed E-state index contributed by atoms with van der Waals surface area (Å²) in [7, 11) is 3.02. The molecule has 5 rings (SSSR count). The van der Waals surface area contributed by atoms with Crippen molar-refractivity contribution < 1.29 is 23.8 Å². The number of nitrogens with zero attached hydrogens (tertiary/aromatic N) is 1. The largest absolute Gasteiger partial charge is 0.503 e. The average molecular weight is 601 g/mol. The lowest BCUT2D eigenvalue weighted by Gasteiger charge is -2.26. The summed E-state index contributed by atoms with van der Waals surface area (Å²) in [4.78, 5) is 29.0. The monoisotopic (exact) mass is 599 g/mol. The van der Waals surface area contributed by atoms with Gasteiger partial charge in [-0.3, -0.25) is 9.59 Å². The fourth-order valence-electron chi connectivity index (χ4n) is 4.34. The number of methoxy groups -OCH3 is 2. The third kappa shape index (κ3) is 3.98. The molecule has 0 saturated heterocycles. The predicted octanol–water partition coefficient (Wildman–Crippen LogP) is 5.79. The van der Waals surface area contributed by atoms with E-state index in [-0.39, 0.29) is 34.8 Å². The molecule has 1 unspecified atom stereocenters. The van der Waals surface area contributed by atoms with Crippen molar-refractivity contribution in [1.29, 1.82) is 0 Å². The molecule has 7 nitrogen and oxygen atoms in total. The second-order valence-corrected chi connectivity index (χ2v) is 9.82. The molecule has 4 aromatic rings. The molecular formula is C26H19Br2NO6. The van der Waals surface area contributed by atoms with Gasteiger partial charge in [-0.2, -0.15) is 0 Å². The number of phenolic OH excluding ortho intramolecular Hbond substituents is 1. The van der Waals surface area contributed by atoms with E-state index in [0.29, 0.717) is 26.8 Å². The number of fused-ring (bicyclic) bond motifs is 2. The van der Waals surface area contributed by atoms with Gasteiger partial charge in [-0.25, -0.2) is 0 Å². The fourth-order valence-corrected chi connectivity index (χ4v) is 5.16. The van der Waals surface area contributed by atoms with E-state index in [1.54, 1.807) is 42.3 Å². The summed E-state index contributed by atoms with van der Waals surface area (Å²) in [6, 6.07) is 15.0. The molecule has 3 aromatic carbocycles. The fraction of sp³-hybridized carbons (Fsp3) is 0.154. The average Bonchev–Trinajstić information content (AvgIpc) is 3.13. The van der Waals surface area contributed by atoms with Gasteiger partial charge >= 0.3 is 0 Å². The van der Waals surface area contributed by atoms with Gasteiger partial charge in [-0.1, -0.05) is 28.1 Å². The van der Waals surface area contributed by atoms with Gasteiger partial charge in [0.1, 0.15) is 11.3 Å². The highest BCUT2D eigenvalue weighted by Crippen LogP contribution is 2.44. The quantitative estimate of drug-likeness (QED) is 0.312. The van der Waals surface area contributed by atoms with Crippen molar-refractivity contribution in [3.8, 4) is 17.2 Å². The van der Waals surface area contributed by atoms with Crippen LogP contribution < -0.4 is 14.9 Å². The van der Waals surface area contributed by atoms with Gasteiger partial charge in [0.05, 0.1) is 35.7 Å². The minimum atomic E-state index is -0.759. The number of rotatable bonds is 5. The number of benzene rings is 3. The Kier molecular flexibility index (Phi) is 6.06. The Bertz CT molecular complexity index is 1530. The molecule has 0 saturated carbocycles. The molecule has 0 radical (unpaired) electrons. The molecule has 1 aliphatic heterocycles. The van der Waals surface area contributed by atoms with E-state index in [1.165, 1.54) is 7.11 Å². The van der Waals surface area contributed by atoms with E-state index >= 15 is 0 Å². The summed E-state index contributed by atoms with van der Waals surface area (Å²) in [5, 5.41) is 10.7. The van der Waals surface area contributed by atoms with Crippen LogP contribution in [0.2, 0.25) is 0 Å². The van der Waals surface area contributed by atoms with Gasteiger partial charge in [0.15, 0.2) is 16.9 Å². The Morgan fingerprint density at radius 2 is 1.74 bits per heavy atom. The molecule has 0 spiro atoms. The SMILES string of the molecule is COc1ccc(CN2C(=O)c3oc4ccc(Br)cc4c(=O)c3C2c2cc(Br)c(O)c(OC)c2)cc1. The van der Waals surface area contributed by atoms with Gasteiger partial charge in [-0.05, 0) is 69.5 Å². The lowest BCUT2D eigenvalue weighted by atomic mass is 9.97. The van der Waals surface area contributed by atoms with E-state index in [1.807, 2.05) is 24.3 Å². The Balaban J connectivity index is 1.73. The summed E-state index contributed by atoms with van der Waals surface area (Å²) in [6.07, 6.45) is 0. The Morgan fingerprint density at radius 1 is 1.00 bits per heavy atom. The summed E-state index contributed by atoms with van der Waals surface area (Å²) < 4.78 is 17.7. The first-order chi connectivity index (χ1) is 16.8. The van der Waals surface area contributed by atoms with E-state index in [2.05, 4.69) is 31.9 Å². The first-order valence-electron chi connectivity index (χ1n) is 10.6. The normalized spacial score (nSPS) is 14.9. The highest BCUT2D eigenvalue weighted by Gasteiger charge is 2.43. The van der Waals surface area contributed by atoms with Crippen LogP contribution in [0.3, 0.4) is 0 Å². The molecule has 2 heterocycles. The molecule has 178 valence electrons. The van der Waals surface area contributed by atoms with Gasteiger partial charge in [0, 0.05) is 11.0 Å². The number of hydrogen-bond donors (Lipinski definition) is 1. The highest BCUT2D eigenvalue weighted by molar-refractivity contribution is 9.10. The minimum absolute atomic E-state index is 0.00602. The van der Waals surface area contributed by atoms with Crippen LogP contribution in [0.1, 0.15) is 33.3 Å². The molecular weight excluding hydrogens is 582 g/mol. The predicted molar refractivity (Wildman–Crippen MR) is 137 cm³/mol. The van der Waals surface area contributed by atoms with Crippen molar-refractivity contribution in [2.24, 2.45) is 0 Å². The Morgan fingerprint density at radius 3 is 2.43 bits per heavy atom. The van der Waals surface area contributed by atoms with Crippen LogP contribution >= 0.6 is 31.9 Å². The lowest BCUT2D eigenvalue weighted by molar-refractivity contribution is 0.0714. The van der Waals surface area contributed by atoms with Gasteiger partial charge < -0.3 is 23.9 Å². The first kappa shape index (κ1) is 23.4. The van der Waals surface area contributed by atoms with Gasteiger partial charge in [-0.15, -0.1) is 0 Å². The standard InChI is InChI=1S/C26H19Br2NO6/c1-33-16-6-3-13(4-7-16)12-29-22(14-9-18(28)24(31)20(10-14)34-2)21-23(30)17-11-15(27)5-8-19(17)35-25(21)26(29)32/h3-11,22,31H,12H2,1-2H3. The van der Waals surface area contributed by atoms with E-state index in [9.17, 15) is 14.7 Å². The maximum atomic E-state index is 13.7. The molecule has 0 bridgehead atoms. The molecule has 1 aliphatic rings. The third-order valence-electron chi connectivity index (χ3n) is 6.03. The number of aromatic hydroxyl groups is 1. The van der Waals surface area contributed by atoms with Crippen molar-refractivity contribution in [2.75, 3.05) is 14.2 Å². The molecule has 1 aromatic heterocycles. The number of carbonyl (C=O) groups is 1. The second kappa shape index (κ2) is 9.05. The van der Waals surface area contributed by atoms with Crippen LogP contribution in [0.15, 0.2) is 72.8 Å². The zero-order valence-electron chi connectivity index (χ0n) is 18.7. The smallest absolute Gasteiger partial charge is 0.291 e. The van der Waals surface area contributed by atoms with Gasteiger partial charge in [0.2, 0.25) is 5.76 Å². The maximum absolute atomic E-state index is 13.7. The van der Waals surface area contributed by atoms with Crippen molar-refractivity contribution in [3.05, 3.63) is 96.2 Å². The molecule has 1 amide bonds. The van der Waals surface area contributed by atoms with Crippen molar-refractivity contribution in [3.63, 3.8) is 0 Å². The van der Waals surface area contributed by atoms with Crippen LogP contribution in [-0.4, -0.2) is 30.1 Å². The van der Waals surface area contributed by atoms with Crippen LogP contribution in [-0.2, 0) is 6.54 Å². The van der Waals surface area contributed by atoms with E-state index < -0.39 is 11.9 Å². The van der Waals surface area contributed by atoms with Crippen molar-refractivity contribution in [2.45, 2.75) is 12.6 Å². The first-order valence-corrected chi connectivity index (χ1v) is 12.2. The van der Waals surface area contributed by atoms with Gasteiger partial charge in [0.25, 0.3) is 5.91 Å². The van der Waals surface area contributed by atoms with Crippen molar-refractivity contribution in [1.82, 2.24) is 4.90 Å². The molecule has 1 N–H and O–H groups in total. The maximum Gasteiger partial charge on any atom is 0.291 e. The molecule has 0 aliphatic carbocycles. The number of hydrogen-bond acceptors (Lipinski definition) is 6. The second-order valence-electron chi connectivity index (χ2n) is 8.05. The summed E-state index contributed by atoms with van der Waals surface area (Å²) in [5.41, 5.74) is 1.73. The number of phenols is 1. The summed E-state index contributed by atoms with van der Waals surface area (Å²) >= 11 is 6.76. The van der Waals surface area contributed by atoms with E-state index in [4.69, 9.17) is 13.9 Å². The minimum Gasteiger partial charge on any atom is -0.503 e. The van der Waals surface area contributed by atoms with Crippen LogP contribution in [0.4, 0.5) is 0 Å². The Hall–Kier alpha value is -3.30. The Labute approximate surface area is 217 Å². The molecule has 1 atom stereocenters. The molecule has 0 fully saturated rings. The zero-order chi connectivity index (χ0) is 24.9. The number of ether oxygens (including phenoxy) is 2. The molecule has 35 heavy (non-hydrogen) atoms. The van der Waals surface area contributed by atoms with Crippen LogP contribution in [0.5, 0.6) is 17.2 Å². The zero-order valence-corrected chi connectivity index (χ0v) is 21.8. The van der Waals surface area contributed by atoms with E-state index in [0.717, 1.165) is 10.0 Å². The highest BCUT2D eigenvalue weighted by atomic mass is 79.9. The third-order valence-corrected chi connectivity index (χ3v) is 7.12. The topological polar surface area (TPSA) is 89.2 Å². The number of halogens is 2. The summed E-state index contributed by atoms with van der Waals surface area (Å²) in [5.74, 6) is 0.448. The number of amides is 1. The number of carbonyl (C=O) groups excluding carboxylic acids is 1. The van der Waals surface area contributed by atoms with Crippen LogP contribution in [0, 0.1) is 0 Å². The summed E-state index contributed by atoms with van der Waals surface area (Å²) in [6.45, 7) is 0.220. The van der Waals surface area contributed by atoms with Crippen LogP contribution in [0.25, 0.3) is 11.0 Å².